The molecule has 12 aromatic rings. The van der Waals surface area contributed by atoms with E-state index < -0.39 is 5.41 Å². The number of para-hydroxylation sites is 1. The standard InChI is InChI=1S/C63H42N2/c1-4-20-47(21-5-1)63(48-22-6-2-7-23-48)58-29-15-14-28-54(58)55-40-37-51(42-59(55)63)64(60-30-16-19-44-17-10-12-26-52(44)60)50-35-31-43(32-36-50)46-34-38-56-57-39-33-45-18-11-13-27-53(45)62(57)65(61(56)41-46)49-24-8-3-9-25-49/h1-42H. The van der Waals surface area contributed by atoms with Crippen molar-refractivity contribution in [2.24, 2.45) is 0 Å². The van der Waals surface area contributed by atoms with Gasteiger partial charge in [0.15, 0.2) is 0 Å². The summed E-state index contributed by atoms with van der Waals surface area (Å²) in [4.78, 5) is 2.46. The highest BCUT2D eigenvalue weighted by Crippen LogP contribution is 2.57. The molecule has 0 atom stereocenters. The smallest absolute Gasteiger partial charge is 0.0714 e. The molecule has 1 heterocycles. The van der Waals surface area contributed by atoms with Crippen LogP contribution in [0.5, 0.6) is 0 Å². The van der Waals surface area contributed by atoms with Crippen molar-refractivity contribution >= 4 is 60.4 Å². The minimum absolute atomic E-state index is 0.508. The molecule has 0 unspecified atom stereocenters. The maximum Gasteiger partial charge on any atom is 0.0714 e. The van der Waals surface area contributed by atoms with Crippen LogP contribution in [-0.2, 0) is 5.41 Å². The molecule has 1 aromatic heterocycles. The normalized spacial score (nSPS) is 12.7. The Morgan fingerprint density at radius 3 is 1.66 bits per heavy atom. The number of nitrogens with zero attached hydrogens (tertiary/aromatic N) is 2. The number of rotatable bonds is 7. The Morgan fingerprint density at radius 2 is 0.908 bits per heavy atom. The van der Waals surface area contributed by atoms with Gasteiger partial charge in [-0.25, -0.2) is 0 Å². The average molecular weight is 827 g/mol. The molecule has 304 valence electrons. The number of aromatic nitrogens is 1. The van der Waals surface area contributed by atoms with E-state index in [-0.39, 0.29) is 0 Å². The lowest BCUT2D eigenvalue weighted by atomic mass is 9.67. The van der Waals surface area contributed by atoms with E-state index in [1.54, 1.807) is 0 Å². The molecule has 65 heavy (non-hydrogen) atoms. The van der Waals surface area contributed by atoms with Crippen LogP contribution in [0.25, 0.3) is 71.3 Å². The Morgan fingerprint density at radius 1 is 0.338 bits per heavy atom. The topological polar surface area (TPSA) is 8.17 Å². The van der Waals surface area contributed by atoms with Crippen LogP contribution in [-0.4, -0.2) is 4.57 Å². The number of fused-ring (bicyclic) bond motifs is 9. The van der Waals surface area contributed by atoms with Crippen LogP contribution in [0.3, 0.4) is 0 Å². The van der Waals surface area contributed by atoms with E-state index in [4.69, 9.17) is 0 Å². The summed E-state index contributed by atoms with van der Waals surface area (Å²) in [5, 5.41) is 7.41. The van der Waals surface area contributed by atoms with Crippen LogP contribution in [0.2, 0.25) is 0 Å². The second-order valence-electron chi connectivity index (χ2n) is 17.2. The van der Waals surface area contributed by atoms with Crippen molar-refractivity contribution in [3.8, 4) is 27.9 Å². The van der Waals surface area contributed by atoms with Crippen LogP contribution in [0.1, 0.15) is 22.3 Å². The zero-order chi connectivity index (χ0) is 42.9. The maximum atomic E-state index is 2.46. The summed E-state index contributed by atoms with van der Waals surface area (Å²) in [6, 6.07) is 93.9. The summed E-state index contributed by atoms with van der Waals surface area (Å²) >= 11 is 0. The Bertz CT molecular complexity index is 3710. The largest absolute Gasteiger partial charge is 0.310 e. The molecule has 0 fully saturated rings. The molecular weight excluding hydrogens is 785 g/mol. The van der Waals surface area contributed by atoms with E-state index in [0.29, 0.717) is 0 Å². The zero-order valence-corrected chi connectivity index (χ0v) is 35.6. The molecule has 0 spiro atoms. The molecule has 2 nitrogen and oxygen atoms in total. The first-order chi connectivity index (χ1) is 32.3. The summed E-state index contributed by atoms with van der Waals surface area (Å²) in [6.07, 6.45) is 0. The van der Waals surface area contributed by atoms with Gasteiger partial charge in [-0.15, -0.1) is 0 Å². The van der Waals surface area contributed by atoms with Crippen LogP contribution in [0, 0.1) is 0 Å². The molecule has 0 amide bonds. The molecule has 0 aliphatic heterocycles. The minimum atomic E-state index is -0.508. The minimum Gasteiger partial charge on any atom is -0.310 e. The second kappa shape index (κ2) is 14.8. The molecular formula is C63H42N2. The monoisotopic (exact) mass is 826 g/mol. The van der Waals surface area contributed by atoms with E-state index in [9.17, 15) is 0 Å². The van der Waals surface area contributed by atoms with E-state index >= 15 is 0 Å². The summed E-state index contributed by atoms with van der Waals surface area (Å²) in [7, 11) is 0. The van der Waals surface area contributed by atoms with Gasteiger partial charge in [-0.1, -0.05) is 206 Å². The first-order valence-corrected chi connectivity index (χ1v) is 22.5. The van der Waals surface area contributed by atoms with Gasteiger partial charge in [0, 0.05) is 38.6 Å². The van der Waals surface area contributed by atoms with Gasteiger partial charge in [0.05, 0.1) is 22.1 Å². The SMILES string of the molecule is c1ccc(-n2c3cc(-c4ccc(N(c5ccc6c(c5)C(c5ccccc5)(c5ccccc5)c5ccccc5-6)c5cccc6ccccc56)cc4)ccc3c3ccc4ccccc4c32)cc1. The van der Waals surface area contributed by atoms with Crippen molar-refractivity contribution in [3.63, 3.8) is 0 Å². The Kier molecular flexibility index (Phi) is 8.47. The van der Waals surface area contributed by atoms with Gasteiger partial charge in [-0.05, 0) is 104 Å². The van der Waals surface area contributed by atoms with Gasteiger partial charge in [0.2, 0.25) is 0 Å². The van der Waals surface area contributed by atoms with Gasteiger partial charge in [0.25, 0.3) is 0 Å². The molecule has 0 radical (unpaired) electrons. The Hall–Kier alpha value is -8.46. The fraction of sp³-hybridized carbons (Fsp3) is 0.0159. The van der Waals surface area contributed by atoms with E-state index in [1.807, 2.05) is 0 Å². The van der Waals surface area contributed by atoms with Crippen LogP contribution < -0.4 is 4.90 Å². The van der Waals surface area contributed by atoms with Crippen molar-refractivity contribution in [1.82, 2.24) is 4.57 Å². The zero-order valence-electron chi connectivity index (χ0n) is 35.6. The van der Waals surface area contributed by atoms with Crippen LogP contribution >= 0.6 is 0 Å². The van der Waals surface area contributed by atoms with E-state index in [1.165, 1.54) is 87.9 Å². The summed E-state index contributed by atoms with van der Waals surface area (Å²) in [6.45, 7) is 0. The highest BCUT2D eigenvalue weighted by Gasteiger charge is 2.46. The first-order valence-electron chi connectivity index (χ1n) is 22.5. The first kappa shape index (κ1) is 37.1. The average Bonchev–Trinajstić information content (AvgIpc) is 3.88. The molecule has 13 rings (SSSR count). The van der Waals surface area contributed by atoms with Crippen molar-refractivity contribution in [2.75, 3.05) is 4.90 Å². The van der Waals surface area contributed by atoms with Crippen molar-refractivity contribution in [1.29, 1.82) is 0 Å². The van der Waals surface area contributed by atoms with Crippen LogP contribution in [0.4, 0.5) is 17.1 Å². The lowest BCUT2D eigenvalue weighted by Gasteiger charge is -2.35. The quantitative estimate of drug-likeness (QED) is 0.155. The number of anilines is 3. The van der Waals surface area contributed by atoms with Gasteiger partial charge < -0.3 is 9.47 Å². The third-order valence-corrected chi connectivity index (χ3v) is 13.8. The Balaban J connectivity index is 1.000. The van der Waals surface area contributed by atoms with Gasteiger partial charge >= 0.3 is 0 Å². The highest BCUT2D eigenvalue weighted by atomic mass is 15.1. The number of hydrogen-bond acceptors (Lipinski definition) is 1. The summed E-state index contributed by atoms with van der Waals surface area (Å²) < 4.78 is 2.45. The summed E-state index contributed by atoms with van der Waals surface area (Å²) in [5.74, 6) is 0. The fourth-order valence-electron chi connectivity index (χ4n) is 11.0. The highest BCUT2D eigenvalue weighted by molar-refractivity contribution is 6.19. The summed E-state index contributed by atoms with van der Waals surface area (Å²) in [5.41, 5.74) is 16.4. The molecule has 0 saturated carbocycles. The van der Waals surface area contributed by atoms with Gasteiger partial charge in [-0.3, -0.25) is 0 Å². The van der Waals surface area contributed by atoms with Crippen molar-refractivity contribution in [3.05, 3.63) is 277 Å². The number of benzene rings is 11. The lowest BCUT2D eigenvalue weighted by molar-refractivity contribution is 0.768. The second-order valence-corrected chi connectivity index (χ2v) is 17.2. The van der Waals surface area contributed by atoms with Crippen LogP contribution in [0.15, 0.2) is 255 Å². The molecule has 0 saturated heterocycles. The molecule has 11 aromatic carbocycles. The Labute approximate surface area is 378 Å². The van der Waals surface area contributed by atoms with E-state index in [0.717, 1.165) is 22.7 Å². The molecule has 2 heteroatoms. The molecule has 0 N–H and O–H groups in total. The molecule has 0 bridgehead atoms. The predicted molar refractivity (Wildman–Crippen MR) is 273 cm³/mol. The molecule has 1 aliphatic carbocycles. The fourth-order valence-corrected chi connectivity index (χ4v) is 11.0. The van der Waals surface area contributed by atoms with Crippen molar-refractivity contribution < 1.29 is 0 Å². The van der Waals surface area contributed by atoms with Crippen molar-refractivity contribution in [2.45, 2.75) is 5.41 Å². The predicted octanol–water partition coefficient (Wildman–Crippen LogP) is 16.6. The molecule has 1 aliphatic rings. The number of hydrogen-bond donors (Lipinski definition) is 0. The lowest BCUT2D eigenvalue weighted by Crippen LogP contribution is -2.28. The third kappa shape index (κ3) is 5.67. The van der Waals surface area contributed by atoms with Gasteiger partial charge in [0.1, 0.15) is 0 Å². The van der Waals surface area contributed by atoms with E-state index in [2.05, 4.69) is 264 Å². The van der Waals surface area contributed by atoms with Gasteiger partial charge in [-0.2, -0.15) is 0 Å². The maximum absolute atomic E-state index is 2.46. The third-order valence-electron chi connectivity index (χ3n) is 13.8.